The fraction of sp³-hybridized carbons (Fsp3) is 1.00. The van der Waals surface area contributed by atoms with Gasteiger partial charge < -0.3 is 0 Å². The quantitative estimate of drug-likeness (QED) is 0.715. The fourth-order valence-corrected chi connectivity index (χ4v) is 4.16. The third kappa shape index (κ3) is 8.18. The summed E-state index contributed by atoms with van der Waals surface area (Å²) < 4.78 is 46.4. The van der Waals surface area contributed by atoms with E-state index in [9.17, 15) is 16.8 Å². The summed E-state index contributed by atoms with van der Waals surface area (Å²) in [5, 5.41) is -0.863. The van der Waals surface area contributed by atoms with Gasteiger partial charge in [0.15, 0.2) is 14.9 Å². The molecule has 0 amide bonds. The van der Waals surface area contributed by atoms with Gasteiger partial charge in [-0.05, 0) is 5.92 Å². The van der Waals surface area contributed by atoms with Crippen LogP contribution >= 0.6 is 15.9 Å². The lowest BCUT2D eigenvalue weighted by Gasteiger charge is -2.14. The third-order valence-electron chi connectivity index (χ3n) is 1.59. The van der Waals surface area contributed by atoms with Crippen LogP contribution in [0.25, 0.3) is 0 Å². The first-order valence-corrected chi connectivity index (χ1v) is 8.95. The highest BCUT2D eigenvalue weighted by molar-refractivity contribution is 9.09. The lowest BCUT2D eigenvalue weighted by molar-refractivity contribution is 0.564. The summed E-state index contributed by atoms with van der Waals surface area (Å²) in [6, 6.07) is 0. The second-order valence-electron chi connectivity index (χ2n) is 3.77. The molecule has 92 valence electrons. The lowest BCUT2D eigenvalue weighted by atomic mass is 10.1. The van der Waals surface area contributed by atoms with Gasteiger partial charge in [0, 0.05) is 17.6 Å². The monoisotopic (exact) mass is 321 g/mol. The van der Waals surface area contributed by atoms with E-state index in [1.807, 2.05) is 13.8 Å². The van der Waals surface area contributed by atoms with Crippen molar-refractivity contribution in [2.75, 3.05) is 17.9 Å². The zero-order valence-electron chi connectivity index (χ0n) is 8.90. The van der Waals surface area contributed by atoms with Gasteiger partial charge in [-0.2, -0.15) is 0 Å². The topological polar surface area (TPSA) is 80.3 Å². The number of hydrogen-bond acceptors (Lipinski definition) is 4. The van der Waals surface area contributed by atoms with E-state index in [0.29, 0.717) is 0 Å². The molecule has 0 aliphatic heterocycles. The zero-order chi connectivity index (χ0) is 12.3. The minimum Gasteiger partial charge on any atom is -0.228 e. The number of nitrogens with one attached hydrogen (secondary N) is 1. The van der Waals surface area contributed by atoms with Gasteiger partial charge in [0.1, 0.15) is 0 Å². The first-order valence-electron chi connectivity index (χ1n) is 4.32. The van der Waals surface area contributed by atoms with Gasteiger partial charge in [0.2, 0.25) is 10.0 Å². The summed E-state index contributed by atoms with van der Waals surface area (Å²) in [5.41, 5.74) is 0. The molecule has 0 aliphatic rings. The Balaban J connectivity index is 4.30. The minimum absolute atomic E-state index is 0.00756. The van der Waals surface area contributed by atoms with E-state index in [4.69, 9.17) is 0 Å². The van der Waals surface area contributed by atoms with E-state index in [0.717, 1.165) is 6.26 Å². The van der Waals surface area contributed by atoms with Gasteiger partial charge >= 0.3 is 0 Å². The van der Waals surface area contributed by atoms with Crippen LogP contribution in [0.1, 0.15) is 13.8 Å². The molecule has 0 aromatic heterocycles. The molecule has 1 N–H and O–H groups in total. The highest BCUT2D eigenvalue weighted by atomic mass is 79.9. The van der Waals surface area contributed by atoms with Crippen molar-refractivity contribution in [3.8, 4) is 0 Å². The third-order valence-corrected chi connectivity index (χ3v) is 6.53. The average molecular weight is 322 g/mol. The molecule has 8 heteroatoms. The molecular formula is C7H16BrNO4S2. The molecule has 0 aliphatic carbocycles. The van der Waals surface area contributed by atoms with Crippen LogP contribution in [-0.4, -0.2) is 39.5 Å². The van der Waals surface area contributed by atoms with Crippen LogP contribution in [0.3, 0.4) is 0 Å². The maximum absolute atomic E-state index is 11.3. The van der Waals surface area contributed by atoms with E-state index < -0.39 is 24.9 Å². The van der Waals surface area contributed by atoms with Crippen molar-refractivity contribution < 1.29 is 16.8 Å². The van der Waals surface area contributed by atoms with E-state index in [-0.39, 0.29) is 17.3 Å². The van der Waals surface area contributed by atoms with Crippen LogP contribution in [0, 0.1) is 5.92 Å². The average Bonchev–Trinajstić information content (AvgIpc) is 1.95. The number of halogens is 1. The van der Waals surface area contributed by atoms with Crippen LogP contribution in [0.5, 0.6) is 0 Å². The predicted molar refractivity (Wildman–Crippen MR) is 64.2 cm³/mol. The highest BCUT2D eigenvalue weighted by Crippen LogP contribution is 2.10. The second kappa shape index (κ2) is 5.60. The molecule has 0 spiro atoms. The van der Waals surface area contributed by atoms with E-state index >= 15 is 0 Å². The van der Waals surface area contributed by atoms with Crippen LogP contribution in [0.4, 0.5) is 0 Å². The molecular weight excluding hydrogens is 306 g/mol. The van der Waals surface area contributed by atoms with Crippen molar-refractivity contribution in [1.82, 2.24) is 4.72 Å². The number of hydrogen-bond donors (Lipinski definition) is 1. The molecule has 0 heterocycles. The molecule has 5 nitrogen and oxygen atoms in total. The Morgan fingerprint density at radius 2 is 1.67 bits per heavy atom. The smallest absolute Gasteiger partial charge is 0.226 e. The lowest BCUT2D eigenvalue weighted by Crippen LogP contribution is -2.35. The normalized spacial score (nSPS) is 15.5. The molecule has 0 bridgehead atoms. The molecule has 1 atom stereocenters. The van der Waals surface area contributed by atoms with Gasteiger partial charge in [0.25, 0.3) is 0 Å². The minimum atomic E-state index is -3.74. The Labute approximate surface area is 99.7 Å². The molecule has 0 saturated heterocycles. The standard InChI is InChI=1S/C7H16BrNO4S2/c1-6(2)7(8)4-9-15(12,13)5-14(3,10)11/h6-7,9H,4-5H2,1-3H3. The maximum Gasteiger partial charge on any atom is 0.226 e. The van der Waals surface area contributed by atoms with Gasteiger partial charge in [-0.3, -0.25) is 0 Å². The first-order chi connectivity index (χ1) is 6.53. The number of sulfone groups is 1. The summed E-state index contributed by atoms with van der Waals surface area (Å²) in [5.74, 6) is 0.269. The van der Waals surface area contributed by atoms with Crippen molar-refractivity contribution in [2.24, 2.45) is 5.92 Å². The van der Waals surface area contributed by atoms with Crippen molar-refractivity contribution in [1.29, 1.82) is 0 Å². The Hall–Kier alpha value is 0.340. The van der Waals surface area contributed by atoms with E-state index in [1.54, 1.807) is 0 Å². The predicted octanol–water partition coefficient (Wildman–Crippen LogP) is 0.327. The van der Waals surface area contributed by atoms with Crippen molar-refractivity contribution in [3.63, 3.8) is 0 Å². The summed E-state index contributed by atoms with van der Waals surface area (Å²) in [7, 11) is -7.25. The van der Waals surface area contributed by atoms with Crippen LogP contribution in [-0.2, 0) is 19.9 Å². The highest BCUT2D eigenvalue weighted by Gasteiger charge is 2.19. The largest absolute Gasteiger partial charge is 0.228 e. The van der Waals surface area contributed by atoms with Gasteiger partial charge in [-0.1, -0.05) is 29.8 Å². The van der Waals surface area contributed by atoms with Gasteiger partial charge in [-0.15, -0.1) is 0 Å². The Morgan fingerprint density at radius 3 is 2.00 bits per heavy atom. The fourth-order valence-electron chi connectivity index (χ4n) is 0.766. The van der Waals surface area contributed by atoms with Crippen LogP contribution in [0.15, 0.2) is 0 Å². The molecule has 1 unspecified atom stereocenters. The molecule has 0 aromatic carbocycles. The Bertz CT molecular complexity index is 387. The van der Waals surface area contributed by atoms with Crippen LogP contribution < -0.4 is 4.72 Å². The van der Waals surface area contributed by atoms with Crippen LogP contribution in [0.2, 0.25) is 0 Å². The SMILES string of the molecule is CC(C)C(Br)CNS(=O)(=O)CS(C)(=O)=O. The summed E-state index contributed by atoms with van der Waals surface area (Å²) in [6.45, 7) is 4.06. The molecule has 0 rings (SSSR count). The Morgan fingerprint density at radius 1 is 1.20 bits per heavy atom. The Kier molecular flexibility index (Phi) is 5.73. The molecule has 0 fully saturated rings. The van der Waals surface area contributed by atoms with Crippen molar-refractivity contribution in [3.05, 3.63) is 0 Å². The zero-order valence-corrected chi connectivity index (χ0v) is 12.1. The number of alkyl halides is 1. The maximum atomic E-state index is 11.3. The van der Waals surface area contributed by atoms with Gasteiger partial charge in [0.05, 0.1) is 0 Å². The van der Waals surface area contributed by atoms with Crippen molar-refractivity contribution >= 4 is 35.8 Å². The summed E-state index contributed by atoms with van der Waals surface area (Å²) in [4.78, 5) is -0.00756. The molecule has 0 aromatic rings. The molecule has 15 heavy (non-hydrogen) atoms. The van der Waals surface area contributed by atoms with Crippen molar-refractivity contribution in [2.45, 2.75) is 18.7 Å². The van der Waals surface area contributed by atoms with E-state index in [2.05, 4.69) is 20.7 Å². The molecule has 0 saturated carbocycles. The first kappa shape index (κ1) is 15.3. The number of sulfonamides is 1. The van der Waals surface area contributed by atoms with Gasteiger partial charge in [-0.25, -0.2) is 21.6 Å². The summed E-state index contributed by atoms with van der Waals surface area (Å²) >= 11 is 3.30. The van der Waals surface area contributed by atoms with E-state index in [1.165, 1.54) is 0 Å². The number of rotatable bonds is 6. The summed E-state index contributed by atoms with van der Waals surface area (Å²) in [6.07, 6.45) is 0.889. The molecule has 0 radical (unpaired) electrons. The second-order valence-corrected chi connectivity index (χ2v) is 9.26.